The number of rotatable bonds is 5. The molecule has 0 heterocycles. The number of anilines is 1. The summed E-state index contributed by atoms with van der Waals surface area (Å²) in [5.41, 5.74) is 3.47. The SMILES string of the molecule is CCc1ccc(N(C)C)c(CC(C)C(=O)O)c1. The maximum Gasteiger partial charge on any atom is 0.306 e. The molecule has 3 nitrogen and oxygen atoms in total. The lowest BCUT2D eigenvalue weighted by Gasteiger charge is -2.19. The van der Waals surface area contributed by atoms with Crippen LogP contribution in [-0.4, -0.2) is 25.2 Å². The van der Waals surface area contributed by atoms with Crippen LogP contribution in [0, 0.1) is 5.92 Å². The minimum absolute atomic E-state index is 0.346. The molecule has 17 heavy (non-hydrogen) atoms. The number of aryl methyl sites for hydroxylation is 1. The smallest absolute Gasteiger partial charge is 0.306 e. The molecule has 94 valence electrons. The lowest BCUT2D eigenvalue weighted by Crippen LogP contribution is -2.16. The molecule has 0 aliphatic carbocycles. The van der Waals surface area contributed by atoms with Gasteiger partial charge >= 0.3 is 5.97 Å². The van der Waals surface area contributed by atoms with Gasteiger partial charge in [-0.05, 0) is 30.0 Å². The fourth-order valence-corrected chi connectivity index (χ4v) is 1.88. The Kier molecular flexibility index (Phi) is 4.55. The van der Waals surface area contributed by atoms with Crippen LogP contribution in [0.15, 0.2) is 18.2 Å². The standard InChI is InChI=1S/C14H21NO2/c1-5-11-6-7-13(15(3)4)12(9-11)8-10(2)14(16)17/h6-7,9-10H,5,8H2,1-4H3,(H,16,17). The van der Waals surface area contributed by atoms with Crippen molar-refractivity contribution in [2.24, 2.45) is 5.92 Å². The maximum absolute atomic E-state index is 10.9. The number of carboxylic acid groups (broad SMARTS) is 1. The van der Waals surface area contributed by atoms with Gasteiger partial charge < -0.3 is 10.0 Å². The molecule has 0 fully saturated rings. The van der Waals surface area contributed by atoms with Crippen LogP contribution >= 0.6 is 0 Å². The summed E-state index contributed by atoms with van der Waals surface area (Å²) in [6.07, 6.45) is 1.55. The molecule has 0 bridgehead atoms. The van der Waals surface area contributed by atoms with Crippen molar-refractivity contribution < 1.29 is 9.90 Å². The second-order valence-electron chi connectivity index (χ2n) is 4.65. The van der Waals surface area contributed by atoms with Gasteiger partial charge in [-0.25, -0.2) is 0 Å². The first kappa shape index (κ1) is 13.6. The molecule has 0 aliphatic rings. The lowest BCUT2D eigenvalue weighted by atomic mass is 9.97. The molecule has 0 spiro atoms. The normalized spacial score (nSPS) is 12.2. The highest BCUT2D eigenvalue weighted by Crippen LogP contribution is 2.23. The number of benzene rings is 1. The van der Waals surface area contributed by atoms with Crippen molar-refractivity contribution in [3.05, 3.63) is 29.3 Å². The van der Waals surface area contributed by atoms with Gasteiger partial charge in [-0.1, -0.05) is 26.0 Å². The van der Waals surface area contributed by atoms with Gasteiger partial charge in [0.2, 0.25) is 0 Å². The highest BCUT2D eigenvalue weighted by Gasteiger charge is 2.15. The summed E-state index contributed by atoms with van der Waals surface area (Å²) < 4.78 is 0. The average molecular weight is 235 g/mol. The number of hydrogen-bond acceptors (Lipinski definition) is 2. The molecule has 0 saturated carbocycles. The summed E-state index contributed by atoms with van der Waals surface area (Å²) in [6.45, 7) is 3.86. The molecular formula is C14H21NO2. The van der Waals surface area contributed by atoms with Gasteiger partial charge in [-0.3, -0.25) is 4.79 Å². The molecule has 0 amide bonds. The van der Waals surface area contributed by atoms with E-state index in [0.717, 1.165) is 17.7 Å². The predicted molar refractivity (Wildman–Crippen MR) is 70.7 cm³/mol. The maximum atomic E-state index is 10.9. The van der Waals surface area contributed by atoms with Crippen molar-refractivity contribution in [2.75, 3.05) is 19.0 Å². The van der Waals surface area contributed by atoms with Crippen molar-refractivity contribution in [1.29, 1.82) is 0 Å². The number of hydrogen-bond donors (Lipinski definition) is 1. The molecule has 1 rings (SSSR count). The number of aliphatic carboxylic acids is 1. The Morgan fingerprint density at radius 1 is 1.41 bits per heavy atom. The van der Waals surface area contributed by atoms with E-state index < -0.39 is 5.97 Å². The molecule has 0 aliphatic heterocycles. The summed E-state index contributed by atoms with van der Waals surface area (Å²) in [6, 6.07) is 6.29. The van der Waals surface area contributed by atoms with Crippen LogP contribution in [0.1, 0.15) is 25.0 Å². The molecule has 0 aromatic heterocycles. The zero-order chi connectivity index (χ0) is 13.0. The second-order valence-corrected chi connectivity index (χ2v) is 4.65. The van der Waals surface area contributed by atoms with E-state index >= 15 is 0 Å². The van der Waals surface area contributed by atoms with Crippen LogP contribution in [0.5, 0.6) is 0 Å². The highest BCUT2D eigenvalue weighted by atomic mass is 16.4. The third kappa shape index (κ3) is 3.48. The topological polar surface area (TPSA) is 40.5 Å². The fourth-order valence-electron chi connectivity index (χ4n) is 1.88. The Labute approximate surface area is 103 Å². The monoisotopic (exact) mass is 235 g/mol. The van der Waals surface area contributed by atoms with E-state index in [1.165, 1.54) is 5.56 Å². The Morgan fingerprint density at radius 3 is 2.53 bits per heavy atom. The first-order valence-corrected chi connectivity index (χ1v) is 5.97. The fraction of sp³-hybridized carbons (Fsp3) is 0.500. The molecule has 1 atom stereocenters. The zero-order valence-electron chi connectivity index (χ0n) is 11.0. The van der Waals surface area contributed by atoms with Crippen LogP contribution in [0.25, 0.3) is 0 Å². The Hall–Kier alpha value is -1.51. The summed E-state index contributed by atoms with van der Waals surface area (Å²) >= 11 is 0. The highest BCUT2D eigenvalue weighted by molar-refractivity contribution is 5.70. The van der Waals surface area contributed by atoms with Crippen molar-refractivity contribution in [1.82, 2.24) is 0 Å². The van der Waals surface area contributed by atoms with Crippen LogP contribution in [-0.2, 0) is 17.6 Å². The van der Waals surface area contributed by atoms with Gasteiger partial charge in [0, 0.05) is 19.8 Å². The average Bonchev–Trinajstić information content (AvgIpc) is 2.28. The van der Waals surface area contributed by atoms with E-state index in [0.29, 0.717) is 6.42 Å². The minimum atomic E-state index is -0.739. The van der Waals surface area contributed by atoms with E-state index in [2.05, 4.69) is 25.1 Å². The Morgan fingerprint density at radius 2 is 2.06 bits per heavy atom. The molecule has 1 aromatic rings. The van der Waals surface area contributed by atoms with Crippen LogP contribution in [0.4, 0.5) is 5.69 Å². The lowest BCUT2D eigenvalue weighted by molar-refractivity contribution is -0.141. The molecular weight excluding hydrogens is 214 g/mol. The van der Waals surface area contributed by atoms with Crippen LogP contribution in [0.3, 0.4) is 0 Å². The van der Waals surface area contributed by atoms with Gasteiger partial charge in [0.15, 0.2) is 0 Å². The van der Waals surface area contributed by atoms with Gasteiger partial charge in [0.1, 0.15) is 0 Å². The predicted octanol–water partition coefficient (Wildman–Crippen LogP) is 2.58. The van der Waals surface area contributed by atoms with E-state index in [-0.39, 0.29) is 5.92 Å². The third-order valence-corrected chi connectivity index (χ3v) is 2.98. The number of nitrogens with zero attached hydrogens (tertiary/aromatic N) is 1. The van der Waals surface area contributed by atoms with E-state index in [4.69, 9.17) is 5.11 Å². The van der Waals surface area contributed by atoms with Crippen LogP contribution < -0.4 is 4.90 Å². The first-order valence-electron chi connectivity index (χ1n) is 5.97. The van der Waals surface area contributed by atoms with Gasteiger partial charge in [-0.15, -0.1) is 0 Å². The third-order valence-electron chi connectivity index (χ3n) is 2.98. The summed E-state index contributed by atoms with van der Waals surface area (Å²) in [7, 11) is 3.96. The molecule has 1 unspecified atom stereocenters. The molecule has 1 aromatic carbocycles. The summed E-state index contributed by atoms with van der Waals surface area (Å²) in [4.78, 5) is 13.0. The molecule has 0 radical (unpaired) electrons. The Balaban J connectivity index is 3.04. The summed E-state index contributed by atoms with van der Waals surface area (Å²) in [5, 5.41) is 8.99. The molecule has 3 heteroatoms. The van der Waals surface area contributed by atoms with Crippen molar-refractivity contribution >= 4 is 11.7 Å². The van der Waals surface area contributed by atoms with Gasteiger partial charge in [-0.2, -0.15) is 0 Å². The van der Waals surface area contributed by atoms with Crippen molar-refractivity contribution in [3.8, 4) is 0 Å². The van der Waals surface area contributed by atoms with Gasteiger partial charge in [0.05, 0.1) is 5.92 Å². The number of carbonyl (C=O) groups is 1. The first-order chi connectivity index (χ1) is 7.95. The quantitative estimate of drug-likeness (QED) is 0.852. The zero-order valence-corrected chi connectivity index (χ0v) is 11.0. The largest absolute Gasteiger partial charge is 0.481 e. The van der Waals surface area contributed by atoms with E-state index in [1.807, 2.05) is 19.0 Å². The van der Waals surface area contributed by atoms with Gasteiger partial charge in [0.25, 0.3) is 0 Å². The molecule has 0 saturated heterocycles. The van der Waals surface area contributed by atoms with E-state index in [9.17, 15) is 4.79 Å². The van der Waals surface area contributed by atoms with Crippen molar-refractivity contribution in [3.63, 3.8) is 0 Å². The second kappa shape index (κ2) is 5.71. The van der Waals surface area contributed by atoms with Crippen molar-refractivity contribution in [2.45, 2.75) is 26.7 Å². The Bertz CT molecular complexity index is 399. The van der Waals surface area contributed by atoms with Crippen LogP contribution in [0.2, 0.25) is 0 Å². The van der Waals surface area contributed by atoms with E-state index in [1.54, 1.807) is 6.92 Å². The minimum Gasteiger partial charge on any atom is -0.481 e. The number of carboxylic acids is 1. The summed E-state index contributed by atoms with van der Waals surface area (Å²) in [5.74, 6) is -1.09. The molecule has 1 N–H and O–H groups in total.